The molecule has 4 heteroatoms. The normalized spacial score (nSPS) is 21.7. The highest BCUT2D eigenvalue weighted by molar-refractivity contribution is 6.33. The molecule has 0 radical (unpaired) electrons. The number of anilines is 1. The number of pyridine rings is 1. The van der Waals surface area contributed by atoms with E-state index in [1.54, 1.807) is 12.4 Å². The Morgan fingerprint density at radius 3 is 3.27 bits per heavy atom. The van der Waals surface area contributed by atoms with E-state index in [0.717, 1.165) is 36.8 Å². The molecule has 0 spiro atoms. The number of piperazine rings is 1. The average molecular weight is 226 g/mol. The number of aromatic nitrogens is 1. The first-order valence-electron chi connectivity index (χ1n) is 5.39. The molecule has 0 aliphatic carbocycles. The Hall–Kier alpha value is -0.800. The zero-order chi connectivity index (χ0) is 10.7. The van der Waals surface area contributed by atoms with Crippen LogP contribution in [0, 0.1) is 0 Å². The first-order valence-corrected chi connectivity index (χ1v) is 5.77. The Labute approximate surface area is 95.4 Å². The van der Waals surface area contributed by atoms with Crippen molar-refractivity contribution in [3.63, 3.8) is 0 Å². The van der Waals surface area contributed by atoms with Crippen molar-refractivity contribution >= 4 is 17.3 Å². The van der Waals surface area contributed by atoms with Gasteiger partial charge >= 0.3 is 0 Å². The van der Waals surface area contributed by atoms with Crippen LogP contribution in [0.3, 0.4) is 0 Å². The van der Waals surface area contributed by atoms with Gasteiger partial charge in [0, 0.05) is 38.1 Å². The van der Waals surface area contributed by atoms with E-state index >= 15 is 0 Å². The predicted octanol–water partition coefficient (Wildman–Crippen LogP) is 1.92. The monoisotopic (exact) mass is 225 g/mol. The van der Waals surface area contributed by atoms with Crippen molar-refractivity contribution in [3.8, 4) is 0 Å². The van der Waals surface area contributed by atoms with Crippen LogP contribution >= 0.6 is 11.6 Å². The van der Waals surface area contributed by atoms with Gasteiger partial charge in [-0.1, -0.05) is 18.5 Å². The fourth-order valence-corrected chi connectivity index (χ4v) is 2.27. The molecule has 0 bridgehead atoms. The standard InChI is InChI=1S/C11H16ClN3/c1-2-9-7-14-5-6-15(9)11-3-4-13-8-10(11)12/h3-4,8-9,14H,2,5-7H2,1H3. The van der Waals surface area contributed by atoms with E-state index in [9.17, 15) is 0 Å². The lowest BCUT2D eigenvalue weighted by molar-refractivity contribution is 0.466. The topological polar surface area (TPSA) is 28.2 Å². The van der Waals surface area contributed by atoms with Gasteiger partial charge in [0.1, 0.15) is 0 Å². The quantitative estimate of drug-likeness (QED) is 0.834. The van der Waals surface area contributed by atoms with Gasteiger partial charge in [0.2, 0.25) is 0 Å². The van der Waals surface area contributed by atoms with E-state index in [4.69, 9.17) is 11.6 Å². The summed E-state index contributed by atoms with van der Waals surface area (Å²) >= 11 is 6.16. The molecule has 2 rings (SSSR count). The number of rotatable bonds is 2. The lowest BCUT2D eigenvalue weighted by Crippen LogP contribution is -2.51. The smallest absolute Gasteiger partial charge is 0.0822 e. The van der Waals surface area contributed by atoms with Crippen LogP contribution in [0.25, 0.3) is 0 Å². The van der Waals surface area contributed by atoms with Crippen LogP contribution in [0.5, 0.6) is 0 Å². The summed E-state index contributed by atoms with van der Waals surface area (Å²) < 4.78 is 0. The van der Waals surface area contributed by atoms with Crippen molar-refractivity contribution < 1.29 is 0 Å². The molecular weight excluding hydrogens is 210 g/mol. The first kappa shape index (κ1) is 10.7. The van der Waals surface area contributed by atoms with Crippen molar-refractivity contribution in [1.82, 2.24) is 10.3 Å². The Bertz CT molecular complexity index is 329. The molecule has 82 valence electrons. The van der Waals surface area contributed by atoms with Gasteiger partial charge in [-0.05, 0) is 12.5 Å². The Morgan fingerprint density at radius 2 is 2.53 bits per heavy atom. The Morgan fingerprint density at radius 1 is 1.67 bits per heavy atom. The third-order valence-electron chi connectivity index (χ3n) is 2.88. The molecule has 3 nitrogen and oxygen atoms in total. The van der Waals surface area contributed by atoms with Crippen LogP contribution in [-0.2, 0) is 0 Å². The Kier molecular flexibility index (Phi) is 3.44. The van der Waals surface area contributed by atoms with E-state index in [0.29, 0.717) is 6.04 Å². The second-order valence-electron chi connectivity index (χ2n) is 3.79. The highest BCUT2D eigenvalue weighted by atomic mass is 35.5. The van der Waals surface area contributed by atoms with E-state index in [-0.39, 0.29) is 0 Å². The second-order valence-corrected chi connectivity index (χ2v) is 4.19. The van der Waals surface area contributed by atoms with Crippen molar-refractivity contribution in [2.45, 2.75) is 19.4 Å². The number of nitrogens with one attached hydrogen (secondary N) is 1. The van der Waals surface area contributed by atoms with Crippen LogP contribution in [0.4, 0.5) is 5.69 Å². The number of hydrogen-bond acceptors (Lipinski definition) is 3. The molecule has 0 saturated carbocycles. The molecule has 1 saturated heterocycles. The molecule has 1 atom stereocenters. The third kappa shape index (κ3) is 2.24. The highest BCUT2D eigenvalue weighted by Crippen LogP contribution is 2.27. The summed E-state index contributed by atoms with van der Waals surface area (Å²) in [6, 6.07) is 2.54. The van der Waals surface area contributed by atoms with Gasteiger partial charge in [0.15, 0.2) is 0 Å². The molecule has 2 heterocycles. The van der Waals surface area contributed by atoms with Crippen molar-refractivity contribution in [1.29, 1.82) is 0 Å². The van der Waals surface area contributed by atoms with Gasteiger partial charge in [0.25, 0.3) is 0 Å². The molecular formula is C11H16ClN3. The van der Waals surface area contributed by atoms with Crippen LogP contribution in [0.2, 0.25) is 5.02 Å². The summed E-state index contributed by atoms with van der Waals surface area (Å²) in [7, 11) is 0. The summed E-state index contributed by atoms with van der Waals surface area (Å²) in [6.07, 6.45) is 4.65. The van der Waals surface area contributed by atoms with Gasteiger partial charge < -0.3 is 10.2 Å². The largest absolute Gasteiger partial charge is 0.365 e. The lowest BCUT2D eigenvalue weighted by Gasteiger charge is -2.37. The highest BCUT2D eigenvalue weighted by Gasteiger charge is 2.22. The predicted molar refractivity (Wildman–Crippen MR) is 63.5 cm³/mol. The fourth-order valence-electron chi connectivity index (χ4n) is 2.04. The molecule has 1 fully saturated rings. The molecule has 15 heavy (non-hydrogen) atoms. The Balaban J connectivity index is 2.24. The summed E-state index contributed by atoms with van der Waals surface area (Å²) in [6.45, 7) is 5.28. The summed E-state index contributed by atoms with van der Waals surface area (Å²) in [4.78, 5) is 6.39. The number of nitrogens with zero attached hydrogens (tertiary/aromatic N) is 2. The van der Waals surface area contributed by atoms with Crippen LogP contribution in [0.15, 0.2) is 18.5 Å². The molecule has 1 N–H and O–H groups in total. The van der Waals surface area contributed by atoms with E-state index < -0.39 is 0 Å². The van der Waals surface area contributed by atoms with Crippen LogP contribution < -0.4 is 10.2 Å². The maximum Gasteiger partial charge on any atom is 0.0822 e. The number of hydrogen-bond donors (Lipinski definition) is 1. The van der Waals surface area contributed by atoms with Crippen molar-refractivity contribution in [2.24, 2.45) is 0 Å². The number of halogens is 1. The minimum atomic E-state index is 0.540. The maximum absolute atomic E-state index is 6.16. The van der Waals surface area contributed by atoms with Crippen LogP contribution in [0.1, 0.15) is 13.3 Å². The van der Waals surface area contributed by atoms with Gasteiger partial charge in [-0.15, -0.1) is 0 Å². The van der Waals surface area contributed by atoms with Gasteiger partial charge in [-0.2, -0.15) is 0 Å². The minimum absolute atomic E-state index is 0.540. The zero-order valence-corrected chi connectivity index (χ0v) is 9.67. The third-order valence-corrected chi connectivity index (χ3v) is 3.17. The van der Waals surface area contributed by atoms with Gasteiger partial charge in [-0.3, -0.25) is 4.98 Å². The fraction of sp³-hybridized carbons (Fsp3) is 0.545. The molecule has 0 aromatic carbocycles. The molecule has 1 aromatic heterocycles. The van der Waals surface area contributed by atoms with Gasteiger partial charge in [0.05, 0.1) is 10.7 Å². The molecule has 0 amide bonds. The summed E-state index contributed by atoms with van der Waals surface area (Å²) in [5, 5.41) is 4.15. The van der Waals surface area contributed by atoms with Gasteiger partial charge in [-0.25, -0.2) is 0 Å². The lowest BCUT2D eigenvalue weighted by atomic mass is 10.1. The second kappa shape index (κ2) is 4.81. The summed E-state index contributed by atoms with van der Waals surface area (Å²) in [5.74, 6) is 0. The summed E-state index contributed by atoms with van der Waals surface area (Å²) in [5.41, 5.74) is 1.11. The van der Waals surface area contributed by atoms with E-state index in [1.165, 1.54) is 0 Å². The molecule has 1 aliphatic rings. The SMILES string of the molecule is CCC1CNCCN1c1ccncc1Cl. The molecule has 1 aromatic rings. The van der Waals surface area contributed by atoms with E-state index in [1.807, 2.05) is 6.07 Å². The molecule has 1 unspecified atom stereocenters. The van der Waals surface area contributed by atoms with E-state index in [2.05, 4.69) is 22.1 Å². The minimum Gasteiger partial charge on any atom is -0.365 e. The van der Waals surface area contributed by atoms with Crippen molar-refractivity contribution in [3.05, 3.63) is 23.5 Å². The zero-order valence-electron chi connectivity index (χ0n) is 8.91. The molecule has 1 aliphatic heterocycles. The first-order chi connectivity index (χ1) is 7.33. The average Bonchev–Trinajstić information content (AvgIpc) is 2.30. The van der Waals surface area contributed by atoms with Crippen LogP contribution in [-0.4, -0.2) is 30.7 Å². The van der Waals surface area contributed by atoms with Crippen molar-refractivity contribution in [2.75, 3.05) is 24.5 Å². The maximum atomic E-state index is 6.16.